The first-order chi connectivity index (χ1) is 8.49. The van der Waals surface area contributed by atoms with Crippen molar-refractivity contribution in [3.8, 4) is 5.88 Å². The zero-order valence-electron chi connectivity index (χ0n) is 9.03. The number of hydrogen-bond acceptors (Lipinski definition) is 6. The number of carbonyl (C=O) groups is 1. The van der Waals surface area contributed by atoms with Crippen LogP contribution in [0.3, 0.4) is 0 Å². The van der Waals surface area contributed by atoms with Crippen LogP contribution >= 0.6 is 0 Å². The van der Waals surface area contributed by atoms with Crippen molar-refractivity contribution in [1.82, 2.24) is 9.71 Å². The van der Waals surface area contributed by atoms with Crippen LogP contribution in [0.4, 0.5) is 17.5 Å². The van der Waals surface area contributed by atoms with Crippen LogP contribution in [-0.2, 0) is 0 Å². The minimum atomic E-state index is -1.04. The Morgan fingerprint density at radius 1 is 1.33 bits per heavy atom. The Kier molecular flexibility index (Phi) is 2.68. The minimum Gasteiger partial charge on any atom is -0.490 e. The van der Waals surface area contributed by atoms with Crippen LogP contribution < -0.4 is 11.1 Å². The van der Waals surface area contributed by atoms with Crippen molar-refractivity contribution >= 4 is 23.4 Å². The summed E-state index contributed by atoms with van der Waals surface area (Å²) in [4.78, 5) is 14.3. The standard InChI is InChI=1S/C10H10N4O4/c11-7-8(15)14(18)10(13-7)12-6-3-1-5(2-4-6)9(16)17/h1-4,15,18H,11H2,(H,12,13)(H,16,17). The third kappa shape index (κ3) is 1.98. The quantitative estimate of drug-likeness (QED) is 0.510. The highest BCUT2D eigenvalue weighted by Crippen LogP contribution is 2.24. The molecule has 8 nitrogen and oxygen atoms in total. The topological polar surface area (TPSA) is 134 Å². The molecule has 0 amide bonds. The van der Waals surface area contributed by atoms with Gasteiger partial charge in [-0.3, -0.25) is 0 Å². The molecular formula is C10H10N4O4. The summed E-state index contributed by atoms with van der Waals surface area (Å²) in [6.45, 7) is 0. The first-order valence-electron chi connectivity index (χ1n) is 4.86. The smallest absolute Gasteiger partial charge is 0.335 e. The number of nitrogens with one attached hydrogen (secondary N) is 1. The van der Waals surface area contributed by atoms with E-state index in [1.165, 1.54) is 24.3 Å². The fourth-order valence-corrected chi connectivity index (χ4v) is 1.33. The normalized spacial score (nSPS) is 10.2. The second-order valence-corrected chi connectivity index (χ2v) is 3.46. The Hall–Kier alpha value is -2.90. The number of anilines is 3. The number of carboxylic acids is 1. The van der Waals surface area contributed by atoms with Gasteiger partial charge in [0.05, 0.1) is 5.56 Å². The van der Waals surface area contributed by atoms with Crippen LogP contribution in [0, 0.1) is 0 Å². The van der Waals surface area contributed by atoms with Gasteiger partial charge in [-0.15, -0.1) is 4.73 Å². The Morgan fingerprint density at radius 3 is 2.39 bits per heavy atom. The van der Waals surface area contributed by atoms with Gasteiger partial charge in [0, 0.05) is 5.69 Å². The molecule has 94 valence electrons. The number of aromatic hydroxyl groups is 1. The molecule has 0 unspecified atom stereocenters. The van der Waals surface area contributed by atoms with Crippen LogP contribution in [0.15, 0.2) is 24.3 Å². The van der Waals surface area contributed by atoms with E-state index in [0.29, 0.717) is 10.4 Å². The molecule has 0 fully saturated rings. The van der Waals surface area contributed by atoms with Gasteiger partial charge in [0.25, 0.3) is 5.88 Å². The van der Waals surface area contributed by atoms with Crippen molar-refractivity contribution in [2.24, 2.45) is 0 Å². The van der Waals surface area contributed by atoms with Crippen molar-refractivity contribution in [3.05, 3.63) is 29.8 Å². The largest absolute Gasteiger partial charge is 0.490 e. The van der Waals surface area contributed by atoms with Gasteiger partial charge in [-0.2, -0.15) is 4.98 Å². The lowest BCUT2D eigenvalue weighted by Gasteiger charge is -2.04. The van der Waals surface area contributed by atoms with Gasteiger partial charge in [-0.25, -0.2) is 4.79 Å². The van der Waals surface area contributed by atoms with Gasteiger partial charge in [0.15, 0.2) is 5.82 Å². The molecule has 0 saturated carbocycles. The van der Waals surface area contributed by atoms with E-state index >= 15 is 0 Å². The highest BCUT2D eigenvalue weighted by atomic mass is 16.5. The Balaban J connectivity index is 2.23. The number of imidazole rings is 1. The summed E-state index contributed by atoms with van der Waals surface area (Å²) in [7, 11) is 0. The highest BCUT2D eigenvalue weighted by Gasteiger charge is 2.13. The van der Waals surface area contributed by atoms with Gasteiger partial charge in [-0.1, -0.05) is 0 Å². The number of carboxylic acid groups (broad SMARTS) is 1. The molecule has 0 bridgehead atoms. The van der Waals surface area contributed by atoms with E-state index in [0.717, 1.165) is 0 Å². The van der Waals surface area contributed by atoms with Gasteiger partial charge in [0.1, 0.15) is 0 Å². The minimum absolute atomic E-state index is 0.0759. The second-order valence-electron chi connectivity index (χ2n) is 3.46. The molecule has 0 spiro atoms. The van der Waals surface area contributed by atoms with E-state index in [1.807, 2.05) is 0 Å². The van der Waals surface area contributed by atoms with Crippen molar-refractivity contribution in [1.29, 1.82) is 0 Å². The summed E-state index contributed by atoms with van der Waals surface area (Å²) < 4.78 is 0.389. The molecule has 0 atom stereocenters. The van der Waals surface area contributed by atoms with Gasteiger partial charge < -0.3 is 26.5 Å². The summed E-state index contributed by atoms with van der Waals surface area (Å²) in [6.07, 6.45) is 0. The van der Waals surface area contributed by atoms with Crippen LogP contribution in [0.1, 0.15) is 10.4 Å². The predicted molar refractivity (Wildman–Crippen MR) is 62.2 cm³/mol. The zero-order chi connectivity index (χ0) is 13.3. The van der Waals surface area contributed by atoms with Crippen LogP contribution in [0.25, 0.3) is 0 Å². The number of nitrogens with two attached hydrogens (primary N) is 1. The maximum Gasteiger partial charge on any atom is 0.335 e. The van der Waals surface area contributed by atoms with E-state index in [2.05, 4.69) is 10.3 Å². The van der Waals surface area contributed by atoms with E-state index in [-0.39, 0.29) is 17.3 Å². The van der Waals surface area contributed by atoms with Crippen molar-refractivity contribution in [2.45, 2.75) is 0 Å². The van der Waals surface area contributed by atoms with Crippen molar-refractivity contribution in [3.63, 3.8) is 0 Å². The lowest BCUT2D eigenvalue weighted by molar-refractivity contribution is 0.0697. The number of rotatable bonds is 3. The van der Waals surface area contributed by atoms with E-state index in [1.54, 1.807) is 0 Å². The number of aromatic carboxylic acids is 1. The molecule has 8 heteroatoms. The molecular weight excluding hydrogens is 240 g/mol. The number of nitrogen functional groups attached to an aromatic ring is 1. The fraction of sp³-hybridized carbons (Fsp3) is 0. The fourth-order valence-electron chi connectivity index (χ4n) is 1.33. The molecule has 6 N–H and O–H groups in total. The molecule has 0 saturated heterocycles. The molecule has 0 radical (unpaired) electrons. The van der Waals surface area contributed by atoms with Gasteiger partial charge in [0.2, 0.25) is 5.95 Å². The average Bonchev–Trinajstić information content (AvgIpc) is 2.58. The molecule has 0 aliphatic rings. The molecule has 0 aliphatic heterocycles. The summed E-state index contributed by atoms with van der Waals surface area (Å²) in [5, 5.41) is 30.0. The van der Waals surface area contributed by atoms with Crippen LogP contribution in [0.2, 0.25) is 0 Å². The monoisotopic (exact) mass is 250 g/mol. The molecule has 2 rings (SSSR count). The van der Waals surface area contributed by atoms with Crippen LogP contribution in [0.5, 0.6) is 5.88 Å². The third-order valence-corrected chi connectivity index (χ3v) is 2.24. The molecule has 1 heterocycles. The molecule has 18 heavy (non-hydrogen) atoms. The molecule has 0 aliphatic carbocycles. The lowest BCUT2D eigenvalue weighted by Crippen LogP contribution is -2.01. The maximum atomic E-state index is 10.6. The first kappa shape index (κ1) is 11.6. The van der Waals surface area contributed by atoms with Gasteiger partial charge >= 0.3 is 5.97 Å². The molecule has 2 aromatic rings. The summed E-state index contributed by atoms with van der Waals surface area (Å²) in [5.41, 5.74) is 5.92. The maximum absolute atomic E-state index is 10.6. The molecule has 1 aromatic heterocycles. The first-order valence-corrected chi connectivity index (χ1v) is 4.86. The summed E-state index contributed by atoms with van der Waals surface area (Å²) in [5.74, 6) is -1.90. The number of hydrogen-bond donors (Lipinski definition) is 5. The Bertz CT molecular complexity index is 591. The number of aromatic nitrogens is 2. The lowest BCUT2D eigenvalue weighted by atomic mass is 10.2. The average molecular weight is 250 g/mol. The Morgan fingerprint density at radius 2 is 1.94 bits per heavy atom. The van der Waals surface area contributed by atoms with Gasteiger partial charge in [-0.05, 0) is 24.3 Å². The highest BCUT2D eigenvalue weighted by molar-refractivity contribution is 5.88. The van der Waals surface area contributed by atoms with Crippen molar-refractivity contribution in [2.75, 3.05) is 11.1 Å². The van der Waals surface area contributed by atoms with Crippen molar-refractivity contribution < 1.29 is 20.2 Å². The van der Waals surface area contributed by atoms with E-state index in [9.17, 15) is 15.1 Å². The summed E-state index contributed by atoms with van der Waals surface area (Å²) in [6, 6.07) is 5.76. The Labute approximate surface area is 101 Å². The van der Waals surface area contributed by atoms with E-state index in [4.69, 9.17) is 10.8 Å². The van der Waals surface area contributed by atoms with E-state index < -0.39 is 11.8 Å². The number of benzene rings is 1. The second kappa shape index (κ2) is 4.17. The SMILES string of the molecule is Nc1nc(Nc2ccc(C(=O)O)cc2)n(O)c1O. The van der Waals surface area contributed by atoms with Crippen LogP contribution in [-0.4, -0.2) is 31.1 Å². The summed E-state index contributed by atoms with van der Waals surface area (Å²) >= 11 is 0. The zero-order valence-corrected chi connectivity index (χ0v) is 9.03. The predicted octanol–water partition coefficient (Wildman–Crippen LogP) is 0.850. The third-order valence-electron chi connectivity index (χ3n) is 2.24. The molecule has 1 aromatic carbocycles. The number of nitrogens with zero attached hydrogens (tertiary/aromatic N) is 2.